The summed E-state index contributed by atoms with van der Waals surface area (Å²) in [6, 6.07) is 6.67. The van der Waals surface area contributed by atoms with Gasteiger partial charge in [-0.15, -0.1) is 0 Å². The minimum absolute atomic E-state index is 0.107. The fourth-order valence-electron chi connectivity index (χ4n) is 2.14. The van der Waals surface area contributed by atoms with Gasteiger partial charge < -0.3 is 20.1 Å². The summed E-state index contributed by atoms with van der Waals surface area (Å²) in [5.41, 5.74) is 0.783. The van der Waals surface area contributed by atoms with Gasteiger partial charge in [0.2, 0.25) is 0 Å². The molecule has 6 nitrogen and oxygen atoms in total. The summed E-state index contributed by atoms with van der Waals surface area (Å²) in [6.45, 7) is 6.11. The first-order valence-corrected chi connectivity index (χ1v) is 8.08. The van der Waals surface area contributed by atoms with E-state index in [4.69, 9.17) is 21.1 Å². The Balaban J connectivity index is 2.19. The molecule has 0 radical (unpaired) electrons. The molecule has 2 N–H and O–H groups in total. The highest BCUT2D eigenvalue weighted by atomic mass is 35.5. The fraction of sp³-hybridized carbons (Fsp3) is 0.333. The lowest BCUT2D eigenvalue weighted by Crippen LogP contribution is -2.26. The molecular formula is C18H22ClN3O3. The predicted octanol–water partition coefficient (Wildman–Crippen LogP) is 4.21. The maximum Gasteiger partial charge on any atom is 0.257 e. The van der Waals surface area contributed by atoms with E-state index in [1.54, 1.807) is 24.3 Å². The van der Waals surface area contributed by atoms with E-state index in [0.717, 1.165) is 0 Å². The average molecular weight is 364 g/mol. The Morgan fingerprint density at radius 3 is 2.32 bits per heavy atom. The summed E-state index contributed by atoms with van der Waals surface area (Å²) >= 11 is 6.07. The topological polar surface area (TPSA) is 72.5 Å². The van der Waals surface area contributed by atoms with Crippen molar-refractivity contribution in [1.82, 2.24) is 4.98 Å². The number of rotatable bonds is 5. The number of benzene rings is 1. The maximum atomic E-state index is 12.5. The van der Waals surface area contributed by atoms with Crippen molar-refractivity contribution in [2.45, 2.75) is 26.3 Å². The quantitative estimate of drug-likeness (QED) is 0.832. The summed E-state index contributed by atoms with van der Waals surface area (Å²) < 4.78 is 10.4. The Labute approximate surface area is 152 Å². The van der Waals surface area contributed by atoms with Crippen molar-refractivity contribution in [3.8, 4) is 11.5 Å². The largest absolute Gasteiger partial charge is 0.495 e. The summed E-state index contributed by atoms with van der Waals surface area (Å²) in [5, 5.41) is 6.43. The van der Waals surface area contributed by atoms with Crippen molar-refractivity contribution < 1.29 is 14.3 Å². The average Bonchev–Trinajstić information content (AvgIpc) is 2.55. The monoisotopic (exact) mass is 363 g/mol. The maximum absolute atomic E-state index is 12.5. The lowest BCUT2D eigenvalue weighted by molar-refractivity contribution is 0.102. The number of anilines is 2. The molecule has 25 heavy (non-hydrogen) atoms. The van der Waals surface area contributed by atoms with E-state index in [0.29, 0.717) is 33.6 Å². The Kier molecular flexibility index (Phi) is 5.74. The Morgan fingerprint density at radius 2 is 1.80 bits per heavy atom. The van der Waals surface area contributed by atoms with Gasteiger partial charge in [-0.1, -0.05) is 11.6 Å². The van der Waals surface area contributed by atoms with Gasteiger partial charge in [-0.2, -0.15) is 0 Å². The molecule has 0 spiro atoms. The molecule has 0 saturated carbocycles. The van der Waals surface area contributed by atoms with Crippen LogP contribution in [-0.4, -0.2) is 30.6 Å². The molecule has 1 heterocycles. The molecule has 0 unspecified atom stereocenters. The normalized spacial score (nSPS) is 11.0. The number of aromatic nitrogens is 1. The van der Waals surface area contributed by atoms with Crippen LogP contribution in [0.5, 0.6) is 11.5 Å². The third kappa shape index (κ3) is 5.00. The van der Waals surface area contributed by atoms with Crippen LogP contribution in [-0.2, 0) is 0 Å². The Morgan fingerprint density at radius 1 is 1.12 bits per heavy atom. The van der Waals surface area contributed by atoms with Gasteiger partial charge in [0.25, 0.3) is 5.91 Å². The summed E-state index contributed by atoms with van der Waals surface area (Å²) in [6.07, 6.45) is 1.52. The molecule has 0 bridgehead atoms. The van der Waals surface area contributed by atoms with Crippen LogP contribution in [0.25, 0.3) is 0 Å². The molecule has 1 aromatic carbocycles. The number of hydrogen-bond acceptors (Lipinski definition) is 5. The van der Waals surface area contributed by atoms with Crippen molar-refractivity contribution in [1.29, 1.82) is 0 Å². The number of halogens is 1. The SMILES string of the molecule is COc1cc(NC(=O)c2ccc(NC(C)(C)C)nc2)c(OC)cc1Cl. The zero-order valence-electron chi connectivity index (χ0n) is 14.9. The number of pyridine rings is 1. The molecular weight excluding hydrogens is 342 g/mol. The molecule has 2 rings (SSSR count). The third-order valence-corrected chi connectivity index (χ3v) is 3.55. The van der Waals surface area contributed by atoms with Crippen LogP contribution in [0.3, 0.4) is 0 Å². The van der Waals surface area contributed by atoms with Gasteiger partial charge in [0, 0.05) is 23.9 Å². The number of nitrogens with zero attached hydrogens (tertiary/aromatic N) is 1. The summed E-state index contributed by atoms with van der Waals surface area (Å²) in [4.78, 5) is 16.7. The van der Waals surface area contributed by atoms with Crippen LogP contribution in [0.4, 0.5) is 11.5 Å². The first-order valence-electron chi connectivity index (χ1n) is 7.70. The second kappa shape index (κ2) is 7.61. The first kappa shape index (κ1) is 18.9. The third-order valence-electron chi connectivity index (χ3n) is 3.25. The number of carbonyl (C=O) groups is 1. The zero-order chi connectivity index (χ0) is 18.6. The highest BCUT2D eigenvalue weighted by molar-refractivity contribution is 6.32. The molecule has 0 aliphatic rings. The number of amides is 1. The molecule has 0 aliphatic heterocycles. The summed E-state index contributed by atoms with van der Waals surface area (Å²) in [5.74, 6) is 1.28. The molecule has 1 aromatic heterocycles. The molecule has 0 atom stereocenters. The Bertz CT molecular complexity index is 755. The first-order chi connectivity index (χ1) is 11.7. The van der Waals surface area contributed by atoms with E-state index < -0.39 is 0 Å². The minimum Gasteiger partial charge on any atom is -0.495 e. The highest BCUT2D eigenvalue weighted by Crippen LogP contribution is 2.36. The van der Waals surface area contributed by atoms with Crippen molar-refractivity contribution >= 4 is 29.0 Å². The van der Waals surface area contributed by atoms with Crippen molar-refractivity contribution in [3.63, 3.8) is 0 Å². The van der Waals surface area contributed by atoms with E-state index in [1.807, 2.05) is 20.8 Å². The van der Waals surface area contributed by atoms with Crippen molar-refractivity contribution in [3.05, 3.63) is 41.0 Å². The van der Waals surface area contributed by atoms with Gasteiger partial charge in [-0.25, -0.2) is 4.98 Å². The fourth-order valence-corrected chi connectivity index (χ4v) is 2.37. The van der Waals surface area contributed by atoms with E-state index in [2.05, 4.69) is 15.6 Å². The molecule has 0 fully saturated rings. The van der Waals surface area contributed by atoms with Crippen molar-refractivity contribution in [2.24, 2.45) is 0 Å². The zero-order valence-corrected chi connectivity index (χ0v) is 15.7. The highest BCUT2D eigenvalue weighted by Gasteiger charge is 2.15. The van der Waals surface area contributed by atoms with Gasteiger partial charge in [-0.05, 0) is 32.9 Å². The van der Waals surface area contributed by atoms with Gasteiger partial charge in [0.15, 0.2) is 0 Å². The standard InChI is InChI=1S/C18H22ClN3O3/c1-18(2,3)22-16-7-6-11(10-20-16)17(23)21-13-9-14(24-4)12(19)8-15(13)25-5/h6-10H,1-5H3,(H,20,22)(H,21,23). The smallest absolute Gasteiger partial charge is 0.257 e. The Hall–Kier alpha value is -2.47. The van der Waals surface area contributed by atoms with E-state index in [1.165, 1.54) is 20.4 Å². The number of methoxy groups -OCH3 is 2. The molecule has 134 valence electrons. The van der Waals surface area contributed by atoms with E-state index in [-0.39, 0.29) is 11.4 Å². The van der Waals surface area contributed by atoms with E-state index >= 15 is 0 Å². The van der Waals surface area contributed by atoms with Crippen LogP contribution in [0.15, 0.2) is 30.5 Å². The lowest BCUT2D eigenvalue weighted by Gasteiger charge is -2.21. The second-order valence-corrected chi connectivity index (χ2v) is 6.86. The van der Waals surface area contributed by atoms with Gasteiger partial charge in [0.1, 0.15) is 17.3 Å². The van der Waals surface area contributed by atoms with Crippen LogP contribution in [0.2, 0.25) is 5.02 Å². The number of hydrogen-bond donors (Lipinski definition) is 2. The molecule has 0 aliphatic carbocycles. The van der Waals surface area contributed by atoms with Gasteiger partial charge >= 0.3 is 0 Å². The van der Waals surface area contributed by atoms with Gasteiger partial charge in [0.05, 0.1) is 30.5 Å². The number of carbonyl (C=O) groups excluding carboxylic acids is 1. The van der Waals surface area contributed by atoms with Crippen LogP contribution in [0, 0.1) is 0 Å². The molecule has 7 heteroatoms. The lowest BCUT2D eigenvalue weighted by atomic mass is 10.1. The minimum atomic E-state index is -0.308. The van der Waals surface area contributed by atoms with Crippen LogP contribution >= 0.6 is 11.6 Å². The number of ether oxygens (including phenoxy) is 2. The predicted molar refractivity (Wildman–Crippen MR) is 100 cm³/mol. The van der Waals surface area contributed by atoms with Crippen molar-refractivity contribution in [2.75, 3.05) is 24.9 Å². The van der Waals surface area contributed by atoms with Crippen LogP contribution < -0.4 is 20.1 Å². The molecule has 2 aromatic rings. The van der Waals surface area contributed by atoms with Crippen LogP contribution in [0.1, 0.15) is 31.1 Å². The van der Waals surface area contributed by atoms with Gasteiger partial charge in [-0.3, -0.25) is 4.79 Å². The number of nitrogens with one attached hydrogen (secondary N) is 2. The van der Waals surface area contributed by atoms with E-state index in [9.17, 15) is 4.79 Å². The molecule has 1 amide bonds. The second-order valence-electron chi connectivity index (χ2n) is 6.45. The summed E-state index contributed by atoms with van der Waals surface area (Å²) in [7, 11) is 3.01. The molecule has 0 saturated heterocycles.